The summed E-state index contributed by atoms with van der Waals surface area (Å²) in [5, 5.41) is 42.2. The molecular formula is C16H24N6O9. The zero-order chi connectivity index (χ0) is 23.6. The first-order valence-electron chi connectivity index (χ1n) is 8.89. The molecule has 4 unspecified atom stereocenters. The number of carboxylic acids is 2. The number of nitrogens with two attached hydrogens (primary N) is 1. The Morgan fingerprint density at radius 3 is 1.97 bits per heavy atom. The van der Waals surface area contributed by atoms with Gasteiger partial charge in [0.15, 0.2) is 0 Å². The summed E-state index contributed by atoms with van der Waals surface area (Å²) in [5.74, 6) is -6.20. The molecule has 31 heavy (non-hydrogen) atoms. The van der Waals surface area contributed by atoms with Crippen molar-refractivity contribution in [1.29, 1.82) is 0 Å². The molecule has 1 aromatic rings. The van der Waals surface area contributed by atoms with Crippen molar-refractivity contribution >= 4 is 29.7 Å². The number of hydrogen-bond donors (Lipinski definition) is 9. The van der Waals surface area contributed by atoms with Crippen LogP contribution >= 0.6 is 0 Å². The Hall–Kier alpha value is -3.56. The summed E-state index contributed by atoms with van der Waals surface area (Å²) in [5.41, 5.74) is 6.28. The molecule has 3 amide bonds. The molecule has 0 aliphatic carbocycles. The molecule has 0 saturated carbocycles. The lowest BCUT2D eigenvalue weighted by molar-refractivity contribution is -0.144. The Labute approximate surface area is 175 Å². The lowest BCUT2D eigenvalue weighted by atomic mass is 10.1. The molecule has 1 aromatic heterocycles. The molecule has 172 valence electrons. The van der Waals surface area contributed by atoms with Crippen LogP contribution in [0.25, 0.3) is 0 Å². The van der Waals surface area contributed by atoms with Gasteiger partial charge in [-0.15, -0.1) is 0 Å². The third-order valence-electron chi connectivity index (χ3n) is 3.96. The van der Waals surface area contributed by atoms with E-state index in [4.69, 9.17) is 21.1 Å². The van der Waals surface area contributed by atoms with Crippen molar-refractivity contribution in [2.24, 2.45) is 5.73 Å². The van der Waals surface area contributed by atoms with Crippen LogP contribution < -0.4 is 21.7 Å². The first kappa shape index (κ1) is 25.5. The molecule has 15 heteroatoms. The summed E-state index contributed by atoms with van der Waals surface area (Å²) >= 11 is 0. The number of aliphatic hydroxyl groups is 2. The van der Waals surface area contributed by atoms with Crippen LogP contribution in [-0.2, 0) is 30.4 Å². The maximum atomic E-state index is 12.4. The number of imidazole rings is 1. The molecule has 0 aliphatic heterocycles. The second-order valence-corrected chi connectivity index (χ2v) is 6.37. The Morgan fingerprint density at radius 1 is 0.935 bits per heavy atom. The molecule has 1 heterocycles. The summed E-state index contributed by atoms with van der Waals surface area (Å²) in [4.78, 5) is 65.1. The van der Waals surface area contributed by atoms with Gasteiger partial charge in [-0.25, -0.2) is 9.78 Å². The molecular weight excluding hydrogens is 420 g/mol. The van der Waals surface area contributed by atoms with E-state index in [1.807, 2.05) is 10.6 Å². The Bertz CT molecular complexity index is 785. The van der Waals surface area contributed by atoms with Gasteiger partial charge >= 0.3 is 11.9 Å². The topological polar surface area (TPSA) is 257 Å². The van der Waals surface area contributed by atoms with Crippen LogP contribution in [0.3, 0.4) is 0 Å². The van der Waals surface area contributed by atoms with E-state index < -0.39 is 73.5 Å². The van der Waals surface area contributed by atoms with Crippen LogP contribution in [0, 0.1) is 0 Å². The van der Waals surface area contributed by atoms with Gasteiger partial charge in [0.05, 0.1) is 32.0 Å². The molecule has 0 aromatic carbocycles. The van der Waals surface area contributed by atoms with Crippen LogP contribution in [0.5, 0.6) is 0 Å². The highest BCUT2D eigenvalue weighted by molar-refractivity contribution is 5.95. The van der Waals surface area contributed by atoms with Crippen molar-refractivity contribution in [3.05, 3.63) is 18.2 Å². The monoisotopic (exact) mass is 444 g/mol. The number of amides is 3. The third-order valence-corrected chi connectivity index (χ3v) is 3.96. The van der Waals surface area contributed by atoms with Gasteiger partial charge in [-0.3, -0.25) is 19.2 Å². The van der Waals surface area contributed by atoms with Crippen LogP contribution in [-0.4, -0.2) is 97.4 Å². The average molecular weight is 444 g/mol. The van der Waals surface area contributed by atoms with Crippen molar-refractivity contribution in [3.63, 3.8) is 0 Å². The predicted molar refractivity (Wildman–Crippen MR) is 100 cm³/mol. The van der Waals surface area contributed by atoms with E-state index in [9.17, 15) is 29.1 Å². The van der Waals surface area contributed by atoms with E-state index in [0.29, 0.717) is 5.69 Å². The standard InChI is InChI=1S/C16H24N6O9/c17-8(1-7-3-18-6-19-7)13(27)21-10(4-23)15(29)20-9(2-12(25)26)14(28)22-11(5-24)16(30)31/h3,6,8-11,23-24H,1-2,4-5,17H2,(H,18,19)(H,20,29)(H,21,27)(H,22,28)(H,25,26)(H,30,31). The van der Waals surface area contributed by atoms with Gasteiger partial charge in [-0.1, -0.05) is 0 Å². The van der Waals surface area contributed by atoms with Crippen molar-refractivity contribution in [1.82, 2.24) is 25.9 Å². The number of H-pyrrole nitrogens is 1. The summed E-state index contributed by atoms with van der Waals surface area (Å²) in [6.45, 7) is -1.87. The van der Waals surface area contributed by atoms with Crippen molar-refractivity contribution < 1.29 is 44.4 Å². The molecule has 0 spiro atoms. The number of carbonyl (C=O) groups is 5. The first-order chi connectivity index (χ1) is 14.6. The number of carbonyl (C=O) groups excluding carboxylic acids is 3. The summed E-state index contributed by atoms with van der Waals surface area (Å²) in [7, 11) is 0. The normalized spacial score (nSPS) is 14.5. The second kappa shape index (κ2) is 12.2. The largest absolute Gasteiger partial charge is 0.481 e. The van der Waals surface area contributed by atoms with Gasteiger partial charge < -0.3 is 47.1 Å². The summed E-state index contributed by atoms with van der Waals surface area (Å²) < 4.78 is 0. The molecule has 10 N–H and O–H groups in total. The van der Waals surface area contributed by atoms with Crippen LogP contribution in [0.1, 0.15) is 12.1 Å². The average Bonchev–Trinajstić information content (AvgIpc) is 3.21. The van der Waals surface area contributed by atoms with E-state index in [-0.39, 0.29) is 6.42 Å². The summed E-state index contributed by atoms with van der Waals surface area (Å²) in [6.07, 6.45) is 1.94. The summed E-state index contributed by atoms with van der Waals surface area (Å²) in [6, 6.07) is -6.16. The highest BCUT2D eigenvalue weighted by Gasteiger charge is 2.31. The van der Waals surface area contributed by atoms with Gasteiger partial charge in [0, 0.05) is 18.3 Å². The minimum Gasteiger partial charge on any atom is -0.481 e. The SMILES string of the molecule is NC(Cc1cnc[nH]1)C(=O)NC(CO)C(=O)NC(CC(=O)O)C(=O)NC(CO)C(=O)O. The fraction of sp³-hybridized carbons (Fsp3) is 0.500. The maximum Gasteiger partial charge on any atom is 0.328 e. The first-order valence-corrected chi connectivity index (χ1v) is 8.89. The van der Waals surface area contributed by atoms with E-state index >= 15 is 0 Å². The number of hydrogen-bond acceptors (Lipinski definition) is 9. The van der Waals surface area contributed by atoms with Crippen molar-refractivity contribution in [3.8, 4) is 0 Å². The number of aliphatic carboxylic acids is 2. The Kier molecular flexibility index (Phi) is 10.0. The number of nitrogens with zero attached hydrogens (tertiary/aromatic N) is 1. The van der Waals surface area contributed by atoms with Crippen LogP contribution in [0.2, 0.25) is 0 Å². The highest BCUT2D eigenvalue weighted by atomic mass is 16.4. The number of aromatic nitrogens is 2. The van der Waals surface area contributed by atoms with Crippen molar-refractivity contribution in [2.75, 3.05) is 13.2 Å². The fourth-order valence-electron chi connectivity index (χ4n) is 2.31. The number of aromatic amines is 1. The minimum atomic E-state index is -1.75. The van der Waals surface area contributed by atoms with E-state index in [0.717, 1.165) is 0 Å². The molecule has 0 fully saturated rings. The quantitative estimate of drug-likeness (QED) is 0.139. The number of nitrogens with one attached hydrogen (secondary N) is 4. The fourth-order valence-corrected chi connectivity index (χ4v) is 2.31. The molecule has 0 saturated heterocycles. The molecule has 0 bridgehead atoms. The lowest BCUT2D eigenvalue weighted by Gasteiger charge is -2.23. The van der Waals surface area contributed by atoms with Gasteiger partial charge in [0.2, 0.25) is 17.7 Å². The number of rotatable bonds is 13. The highest BCUT2D eigenvalue weighted by Crippen LogP contribution is 2.00. The van der Waals surface area contributed by atoms with E-state index in [1.165, 1.54) is 12.5 Å². The second-order valence-electron chi connectivity index (χ2n) is 6.37. The predicted octanol–water partition coefficient (Wildman–Crippen LogP) is -4.72. The van der Waals surface area contributed by atoms with Gasteiger partial charge in [0.25, 0.3) is 0 Å². The van der Waals surface area contributed by atoms with Gasteiger partial charge in [-0.05, 0) is 0 Å². The van der Waals surface area contributed by atoms with E-state index in [2.05, 4.69) is 15.3 Å². The van der Waals surface area contributed by atoms with Gasteiger partial charge in [0.1, 0.15) is 18.1 Å². The molecule has 4 atom stereocenters. The van der Waals surface area contributed by atoms with Gasteiger partial charge in [-0.2, -0.15) is 0 Å². The zero-order valence-corrected chi connectivity index (χ0v) is 16.1. The lowest BCUT2D eigenvalue weighted by Crippen LogP contribution is -2.58. The minimum absolute atomic E-state index is 0.0490. The number of carboxylic acid groups (broad SMARTS) is 2. The van der Waals surface area contributed by atoms with Crippen LogP contribution in [0.15, 0.2) is 12.5 Å². The van der Waals surface area contributed by atoms with Crippen LogP contribution in [0.4, 0.5) is 0 Å². The molecule has 1 rings (SSSR count). The Balaban J connectivity index is 2.79. The molecule has 0 aliphatic rings. The Morgan fingerprint density at radius 2 is 1.48 bits per heavy atom. The van der Waals surface area contributed by atoms with E-state index in [1.54, 1.807) is 0 Å². The van der Waals surface area contributed by atoms with Crippen molar-refractivity contribution in [2.45, 2.75) is 37.0 Å². The maximum absolute atomic E-state index is 12.4. The number of aliphatic hydroxyl groups excluding tert-OH is 2. The molecule has 0 radical (unpaired) electrons. The zero-order valence-electron chi connectivity index (χ0n) is 16.1. The smallest absolute Gasteiger partial charge is 0.328 e. The molecule has 15 nitrogen and oxygen atoms in total. The third kappa shape index (κ3) is 8.37.